The number of rotatable bonds is 9. The second-order valence-electron chi connectivity index (χ2n) is 7.56. The van der Waals surface area contributed by atoms with E-state index in [0.29, 0.717) is 6.42 Å². The lowest BCUT2D eigenvalue weighted by Crippen LogP contribution is -2.46. The van der Waals surface area contributed by atoms with E-state index in [-0.39, 0.29) is 24.3 Å². The number of nitrogens with one attached hydrogen (secondary N) is 1. The van der Waals surface area contributed by atoms with Crippen molar-refractivity contribution in [2.24, 2.45) is 0 Å². The van der Waals surface area contributed by atoms with Crippen molar-refractivity contribution in [2.45, 2.75) is 25.4 Å². The Kier molecular flexibility index (Phi) is 7.52. The molecule has 1 amide bonds. The first kappa shape index (κ1) is 21.5. The van der Waals surface area contributed by atoms with E-state index in [1.807, 2.05) is 78.7 Å². The lowest BCUT2D eigenvalue weighted by Gasteiger charge is -2.29. The molecular formula is C26H28N2O2. The van der Waals surface area contributed by atoms with Crippen molar-refractivity contribution in [1.29, 1.82) is 0 Å². The molecule has 4 heteroatoms. The number of carbonyl (C=O) groups is 2. The van der Waals surface area contributed by atoms with Crippen LogP contribution >= 0.6 is 0 Å². The SMILES string of the molecule is CC(=O)[C@H](Cc1ccccc1)NC(=O)CN(C)C(c1ccccc1)c1ccccc1. The van der Waals surface area contributed by atoms with Gasteiger partial charge in [-0.3, -0.25) is 14.5 Å². The van der Waals surface area contributed by atoms with Crippen molar-refractivity contribution >= 4 is 11.7 Å². The van der Waals surface area contributed by atoms with Gasteiger partial charge in [-0.05, 0) is 37.1 Å². The quantitative estimate of drug-likeness (QED) is 0.590. The van der Waals surface area contributed by atoms with Crippen LogP contribution < -0.4 is 5.32 Å². The fourth-order valence-electron chi connectivity index (χ4n) is 3.68. The summed E-state index contributed by atoms with van der Waals surface area (Å²) < 4.78 is 0. The van der Waals surface area contributed by atoms with Gasteiger partial charge in [0.2, 0.25) is 5.91 Å². The molecule has 0 aromatic heterocycles. The first-order valence-electron chi connectivity index (χ1n) is 10.2. The highest BCUT2D eigenvalue weighted by Gasteiger charge is 2.23. The van der Waals surface area contributed by atoms with Crippen molar-refractivity contribution in [2.75, 3.05) is 13.6 Å². The average molecular weight is 401 g/mol. The third-order valence-electron chi connectivity index (χ3n) is 5.17. The third kappa shape index (κ3) is 5.88. The number of benzene rings is 3. The van der Waals surface area contributed by atoms with Gasteiger partial charge in [-0.1, -0.05) is 91.0 Å². The van der Waals surface area contributed by atoms with E-state index >= 15 is 0 Å². The molecule has 3 rings (SSSR count). The van der Waals surface area contributed by atoms with E-state index in [0.717, 1.165) is 16.7 Å². The molecule has 0 unspecified atom stereocenters. The molecule has 0 heterocycles. The van der Waals surface area contributed by atoms with E-state index in [4.69, 9.17) is 0 Å². The lowest BCUT2D eigenvalue weighted by molar-refractivity contribution is -0.127. The summed E-state index contributed by atoms with van der Waals surface area (Å²) in [5.74, 6) is -0.206. The van der Waals surface area contributed by atoms with Gasteiger partial charge in [-0.2, -0.15) is 0 Å². The highest BCUT2D eigenvalue weighted by molar-refractivity contribution is 5.88. The second-order valence-corrected chi connectivity index (χ2v) is 7.56. The predicted octanol–water partition coefficient (Wildman–Crippen LogP) is 4.02. The molecule has 0 aliphatic carbocycles. The Hall–Kier alpha value is -3.24. The number of nitrogens with zero attached hydrogens (tertiary/aromatic N) is 1. The summed E-state index contributed by atoms with van der Waals surface area (Å²) in [6.45, 7) is 1.71. The Morgan fingerprint density at radius 2 is 1.27 bits per heavy atom. The second kappa shape index (κ2) is 10.5. The standard InChI is InChI=1S/C26H28N2O2/c1-20(29)24(18-21-12-6-3-7-13-21)27-25(30)19-28(2)26(22-14-8-4-9-15-22)23-16-10-5-11-17-23/h3-17,24,26H,18-19H2,1-2H3,(H,27,30)/t24-/m0/s1. The fourth-order valence-corrected chi connectivity index (χ4v) is 3.68. The summed E-state index contributed by atoms with van der Waals surface area (Å²) in [4.78, 5) is 27.0. The minimum atomic E-state index is -0.528. The smallest absolute Gasteiger partial charge is 0.234 e. The lowest BCUT2D eigenvalue weighted by atomic mass is 9.97. The molecule has 4 nitrogen and oxygen atoms in total. The molecule has 1 N–H and O–H groups in total. The molecule has 0 saturated carbocycles. The van der Waals surface area contributed by atoms with E-state index in [1.165, 1.54) is 6.92 Å². The van der Waals surface area contributed by atoms with Crippen LogP contribution in [0.3, 0.4) is 0 Å². The van der Waals surface area contributed by atoms with Gasteiger partial charge >= 0.3 is 0 Å². The molecule has 30 heavy (non-hydrogen) atoms. The zero-order chi connectivity index (χ0) is 21.3. The molecule has 0 bridgehead atoms. The number of hydrogen-bond acceptors (Lipinski definition) is 3. The first-order chi connectivity index (χ1) is 14.5. The van der Waals surface area contributed by atoms with E-state index in [1.54, 1.807) is 0 Å². The maximum Gasteiger partial charge on any atom is 0.234 e. The molecule has 0 fully saturated rings. The Bertz CT molecular complexity index is 903. The van der Waals surface area contributed by atoms with E-state index in [9.17, 15) is 9.59 Å². The summed E-state index contributed by atoms with van der Waals surface area (Å²) >= 11 is 0. The number of amides is 1. The van der Waals surface area contributed by atoms with Crippen LogP contribution in [0.15, 0.2) is 91.0 Å². The van der Waals surface area contributed by atoms with E-state index in [2.05, 4.69) is 29.6 Å². The van der Waals surface area contributed by atoms with E-state index < -0.39 is 6.04 Å². The van der Waals surface area contributed by atoms with Crippen molar-refractivity contribution in [3.05, 3.63) is 108 Å². The first-order valence-corrected chi connectivity index (χ1v) is 10.2. The molecule has 3 aromatic rings. The Morgan fingerprint density at radius 3 is 1.73 bits per heavy atom. The fraction of sp³-hybridized carbons (Fsp3) is 0.231. The van der Waals surface area contributed by atoms with Gasteiger partial charge in [0.25, 0.3) is 0 Å². The van der Waals surface area contributed by atoms with Crippen molar-refractivity contribution in [3.63, 3.8) is 0 Å². The van der Waals surface area contributed by atoms with Crippen LogP contribution in [0.4, 0.5) is 0 Å². The summed E-state index contributed by atoms with van der Waals surface area (Å²) in [5.41, 5.74) is 3.26. The number of likely N-dealkylation sites (N-methyl/N-ethyl adjacent to an activating group) is 1. The third-order valence-corrected chi connectivity index (χ3v) is 5.17. The number of carbonyl (C=O) groups excluding carboxylic acids is 2. The molecular weight excluding hydrogens is 372 g/mol. The van der Waals surface area contributed by atoms with Gasteiger partial charge in [-0.25, -0.2) is 0 Å². The molecule has 0 aliphatic rings. The Balaban J connectivity index is 1.72. The minimum absolute atomic E-state index is 0.0440. The zero-order valence-electron chi connectivity index (χ0n) is 17.5. The predicted molar refractivity (Wildman–Crippen MR) is 120 cm³/mol. The molecule has 0 spiro atoms. The molecule has 154 valence electrons. The van der Waals surface area contributed by atoms with Gasteiger partial charge in [0, 0.05) is 0 Å². The van der Waals surface area contributed by atoms with Crippen LogP contribution in [0.5, 0.6) is 0 Å². The maximum absolute atomic E-state index is 12.8. The summed E-state index contributed by atoms with van der Waals surface area (Å²) in [6, 6.07) is 29.4. The Morgan fingerprint density at radius 1 is 0.800 bits per heavy atom. The zero-order valence-corrected chi connectivity index (χ0v) is 17.5. The van der Waals surface area contributed by atoms with Crippen LogP contribution in [0, 0.1) is 0 Å². The molecule has 3 aromatic carbocycles. The molecule has 1 atom stereocenters. The molecule has 0 radical (unpaired) electrons. The minimum Gasteiger partial charge on any atom is -0.345 e. The van der Waals surface area contributed by atoms with Crippen LogP contribution in [0.25, 0.3) is 0 Å². The Labute approximate surface area is 178 Å². The van der Waals surface area contributed by atoms with Gasteiger partial charge in [-0.15, -0.1) is 0 Å². The monoisotopic (exact) mass is 400 g/mol. The number of hydrogen-bond donors (Lipinski definition) is 1. The summed E-state index contributed by atoms with van der Waals surface area (Å²) in [6.07, 6.45) is 0.492. The van der Waals surface area contributed by atoms with Crippen molar-refractivity contribution < 1.29 is 9.59 Å². The van der Waals surface area contributed by atoms with Crippen LogP contribution in [0.1, 0.15) is 29.7 Å². The van der Waals surface area contributed by atoms with Gasteiger partial charge in [0.05, 0.1) is 18.6 Å². The van der Waals surface area contributed by atoms with Gasteiger partial charge < -0.3 is 5.32 Å². The van der Waals surface area contributed by atoms with Gasteiger partial charge in [0.15, 0.2) is 5.78 Å². The topological polar surface area (TPSA) is 49.4 Å². The molecule has 0 saturated heterocycles. The van der Waals surface area contributed by atoms with Crippen LogP contribution in [0.2, 0.25) is 0 Å². The summed E-state index contributed by atoms with van der Waals surface area (Å²) in [5, 5.41) is 2.92. The van der Waals surface area contributed by atoms with Crippen LogP contribution in [-0.4, -0.2) is 36.2 Å². The molecule has 0 aliphatic heterocycles. The maximum atomic E-state index is 12.8. The van der Waals surface area contributed by atoms with Crippen molar-refractivity contribution in [3.8, 4) is 0 Å². The normalized spacial score (nSPS) is 12.0. The van der Waals surface area contributed by atoms with Crippen molar-refractivity contribution in [1.82, 2.24) is 10.2 Å². The highest BCUT2D eigenvalue weighted by atomic mass is 16.2. The largest absolute Gasteiger partial charge is 0.345 e. The highest BCUT2D eigenvalue weighted by Crippen LogP contribution is 2.27. The van der Waals surface area contributed by atoms with Gasteiger partial charge in [0.1, 0.15) is 0 Å². The summed E-state index contributed by atoms with van der Waals surface area (Å²) in [7, 11) is 1.93. The average Bonchev–Trinajstić information content (AvgIpc) is 2.75. The van der Waals surface area contributed by atoms with Crippen LogP contribution in [-0.2, 0) is 16.0 Å². The number of ketones is 1. The number of Topliss-reactive ketones (excluding diaryl/α,β-unsaturated/α-hetero) is 1.